The Morgan fingerprint density at radius 3 is 2.76 bits per heavy atom. The van der Waals surface area contributed by atoms with Crippen LogP contribution >= 0.6 is 11.3 Å². The zero-order chi connectivity index (χ0) is 34.1. The number of thiophene rings is 1. The fourth-order valence-corrected chi connectivity index (χ4v) is 11.3. The number of nitrogens with zero attached hydrogens (tertiary/aromatic N) is 6. The molecule has 2 aliphatic heterocycles. The molecule has 0 aromatic carbocycles. The van der Waals surface area contributed by atoms with Crippen molar-refractivity contribution in [2.45, 2.75) is 95.6 Å². The minimum absolute atomic E-state index is 0.0204. The topological polar surface area (TPSA) is 146 Å². The molecule has 3 aliphatic rings. The summed E-state index contributed by atoms with van der Waals surface area (Å²) in [6.07, 6.45) is 8.68. The second-order valence-corrected chi connectivity index (χ2v) is 17.6. The van der Waals surface area contributed by atoms with Gasteiger partial charge in [-0.15, -0.1) is 21.5 Å². The van der Waals surface area contributed by atoms with E-state index in [1.807, 2.05) is 18.3 Å². The number of sulfone groups is 1. The summed E-state index contributed by atoms with van der Waals surface area (Å²) in [5, 5.41) is 12.3. The molecule has 1 unspecified atom stereocenters. The summed E-state index contributed by atoms with van der Waals surface area (Å²) in [4.78, 5) is 20.1. The third-order valence-corrected chi connectivity index (χ3v) is 13.3. The molecule has 0 radical (unpaired) electrons. The highest BCUT2D eigenvalue weighted by Gasteiger charge is 2.43. The van der Waals surface area contributed by atoms with Crippen LogP contribution in [0.5, 0.6) is 0 Å². The van der Waals surface area contributed by atoms with Crippen LogP contribution in [0.1, 0.15) is 93.9 Å². The summed E-state index contributed by atoms with van der Waals surface area (Å²) in [7, 11) is -3.69. The second kappa shape index (κ2) is 12.2. The van der Waals surface area contributed by atoms with Gasteiger partial charge in [0.05, 0.1) is 49.5 Å². The SMILES string of the molecule is Cc1nnc(-c2c(CCC3CCOC(C)(C)C3)nc3c(c2-c2cc4ncnc(N[C@@H]5CCc6ncccc65)c4s2)S(=O)(=O)C[C@H]3C(C)C)o1. The predicted molar refractivity (Wildman–Crippen MR) is 188 cm³/mol. The minimum Gasteiger partial charge on any atom is -0.421 e. The van der Waals surface area contributed by atoms with Gasteiger partial charge in [-0.3, -0.25) is 9.97 Å². The molecule has 256 valence electrons. The number of hydrogen-bond donors (Lipinski definition) is 1. The van der Waals surface area contributed by atoms with E-state index >= 15 is 0 Å². The number of aryl methyl sites for hydroxylation is 3. The van der Waals surface area contributed by atoms with E-state index in [9.17, 15) is 8.42 Å². The highest BCUT2D eigenvalue weighted by atomic mass is 32.2. The maximum absolute atomic E-state index is 14.2. The first-order valence-corrected chi connectivity index (χ1v) is 19.6. The van der Waals surface area contributed by atoms with Gasteiger partial charge in [0.25, 0.3) is 0 Å². The molecule has 0 amide bonds. The van der Waals surface area contributed by atoms with Gasteiger partial charge in [-0.25, -0.2) is 18.4 Å². The Bertz CT molecular complexity index is 2180. The second-order valence-electron chi connectivity index (χ2n) is 14.6. The average Bonchev–Trinajstić information content (AvgIpc) is 3.84. The van der Waals surface area contributed by atoms with Gasteiger partial charge in [0.2, 0.25) is 11.8 Å². The lowest BCUT2D eigenvalue weighted by Gasteiger charge is -2.35. The maximum Gasteiger partial charge on any atom is 0.250 e. The van der Waals surface area contributed by atoms with E-state index in [2.05, 4.69) is 64.2 Å². The Morgan fingerprint density at radius 1 is 1.12 bits per heavy atom. The van der Waals surface area contributed by atoms with E-state index in [0.717, 1.165) is 65.2 Å². The van der Waals surface area contributed by atoms with Crippen LogP contribution in [0.15, 0.2) is 40.0 Å². The van der Waals surface area contributed by atoms with Crippen LogP contribution in [-0.4, -0.2) is 56.5 Å². The highest BCUT2D eigenvalue weighted by Crippen LogP contribution is 2.51. The summed E-state index contributed by atoms with van der Waals surface area (Å²) < 4.78 is 41.4. The van der Waals surface area contributed by atoms with Gasteiger partial charge in [-0.2, -0.15) is 0 Å². The van der Waals surface area contributed by atoms with Crippen LogP contribution in [0, 0.1) is 18.8 Å². The van der Waals surface area contributed by atoms with E-state index in [1.165, 1.54) is 16.9 Å². The van der Waals surface area contributed by atoms with E-state index in [4.69, 9.17) is 14.1 Å². The van der Waals surface area contributed by atoms with Crippen molar-refractivity contribution in [3.8, 4) is 21.9 Å². The molecule has 3 atom stereocenters. The Hall–Kier alpha value is -3.81. The zero-order valence-corrected chi connectivity index (χ0v) is 30.1. The molecule has 5 aromatic heterocycles. The van der Waals surface area contributed by atoms with Gasteiger partial charge in [0.15, 0.2) is 9.84 Å². The summed E-state index contributed by atoms with van der Waals surface area (Å²) in [6, 6.07) is 6.13. The fourth-order valence-electron chi connectivity index (χ4n) is 7.91. The molecule has 1 saturated heterocycles. The molecule has 8 rings (SSSR count). The third-order valence-electron chi connectivity index (χ3n) is 10.3. The number of hydrogen-bond acceptors (Lipinski definition) is 12. The number of fused-ring (bicyclic) bond motifs is 3. The predicted octanol–water partition coefficient (Wildman–Crippen LogP) is 7.27. The number of rotatable bonds is 8. The van der Waals surface area contributed by atoms with Crippen LogP contribution in [0.3, 0.4) is 0 Å². The van der Waals surface area contributed by atoms with Gasteiger partial charge in [-0.05, 0) is 81.9 Å². The molecule has 7 heterocycles. The van der Waals surface area contributed by atoms with Gasteiger partial charge in [0, 0.05) is 41.8 Å². The van der Waals surface area contributed by atoms with Crippen LogP contribution in [0.25, 0.3) is 32.1 Å². The lowest BCUT2D eigenvalue weighted by atomic mass is 9.84. The van der Waals surface area contributed by atoms with Gasteiger partial charge in [0.1, 0.15) is 12.1 Å². The van der Waals surface area contributed by atoms with Crippen molar-refractivity contribution >= 4 is 37.2 Å². The Kier molecular flexibility index (Phi) is 8.07. The maximum atomic E-state index is 14.2. The van der Waals surface area contributed by atoms with Crippen molar-refractivity contribution in [2.75, 3.05) is 17.7 Å². The quantitative estimate of drug-likeness (QED) is 0.174. The molecule has 1 aliphatic carbocycles. The van der Waals surface area contributed by atoms with Crippen molar-refractivity contribution in [2.24, 2.45) is 11.8 Å². The van der Waals surface area contributed by atoms with Crippen molar-refractivity contribution in [3.63, 3.8) is 0 Å². The fraction of sp³-hybridized carbons (Fsp3) is 0.500. The Labute approximate surface area is 290 Å². The molecule has 0 saturated carbocycles. The number of ether oxygens (including phenoxy) is 1. The molecule has 49 heavy (non-hydrogen) atoms. The van der Waals surface area contributed by atoms with E-state index in [1.54, 1.807) is 13.3 Å². The lowest BCUT2D eigenvalue weighted by molar-refractivity contribution is -0.0734. The smallest absolute Gasteiger partial charge is 0.250 e. The molecular weight excluding hydrogens is 659 g/mol. The summed E-state index contributed by atoms with van der Waals surface area (Å²) in [6.45, 7) is 10.9. The number of anilines is 1. The number of aromatic nitrogens is 6. The molecule has 0 bridgehead atoms. The molecule has 1 N–H and O–H groups in total. The van der Waals surface area contributed by atoms with Crippen molar-refractivity contribution in [3.05, 3.63) is 59.3 Å². The first-order valence-electron chi connectivity index (χ1n) is 17.2. The minimum atomic E-state index is -3.69. The molecule has 0 spiro atoms. The largest absolute Gasteiger partial charge is 0.421 e. The van der Waals surface area contributed by atoms with Gasteiger partial charge < -0.3 is 14.5 Å². The van der Waals surface area contributed by atoms with E-state index in [0.29, 0.717) is 40.9 Å². The van der Waals surface area contributed by atoms with Crippen LogP contribution in [-0.2, 0) is 27.4 Å². The first kappa shape index (κ1) is 32.4. The standard InChI is InChI=1S/C36H41N7O4S2/c1-19(2)23-17-49(44,45)33-30(28-15-27-32(48-28)34(39-18-38-27)41-25-11-10-24-22(25)7-6-13-37-24)29(35-43-42-20(3)47-35)26(40-31(23)33)9-8-21-12-14-46-36(4,5)16-21/h6-7,13,15,18-19,21,23,25H,8-12,14,16-17H2,1-5H3,(H,38,39,41)/t21?,23-,25+/m0/s1. The summed E-state index contributed by atoms with van der Waals surface area (Å²) >= 11 is 1.49. The van der Waals surface area contributed by atoms with Crippen molar-refractivity contribution in [1.82, 2.24) is 30.1 Å². The van der Waals surface area contributed by atoms with E-state index in [-0.39, 0.29) is 40.0 Å². The highest BCUT2D eigenvalue weighted by molar-refractivity contribution is 7.92. The zero-order valence-electron chi connectivity index (χ0n) is 28.5. The lowest BCUT2D eigenvalue weighted by Crippen LogP contribution is -2.34. The number of pyridine rings is 2. The van der Waals surface area contributed by atoms with Gasteiger partial charge in [-0.1, -0.05) is 19.9 Å². The monoisotopic (exact) mass is 699 g/mol. The molecule has 13 heteroatoms. The van der Waals surface area contributed by atoms with Crippen LogP contribution in [0.4, 0.5) is 5.82 Å². The molecule has 1 fully saturated rings. The molecular formula is C36H41N7O4S2. The normalized spacial score (nSPS) is 22.4. The van der Waals surface area contributed by atoms with Crippen LogP contribution < -0.4 is 5.32 Å². The van der Waals surface area contributed by atoms with Crippen molar-refractivity contribution in [1.29, 1.82) is 0 Å². The summed E-state index contributed by atoms with van der Waals surface area (Å²) in [5.74, 6) is 1.74. The van der Waals surface area contributed by atoms with Crippen LogP contribution in [0.2, 0.25) is 0 Å². The van der Waals surface area contributed by atoms with Crippen molar-refractivity contribution < 1.29 is 17.6 Å². The Morgan fingerprint density at radius 2 is 1.98 bits per heavy atom. The summed E-state index contributed by atoms with van der Waals surface area (Å²) in [5.41, 5.74) is 5.46. The number of nitrogens with one attached hydrogen (secondary N) is 1. The third kappa shape index (κ3) is 5.93. The molecule has 5 aromatic rings. The Balaban J connectivity index is 1.30. The molecule has 11 nitrogen and oxygen atoms in total. The van der Waals surface area contributed by atoms with E-state index < -0.39 is 9.84 Å². The first-order chi connectivity index (χ1) is 23.5. The average molecular weight is 700 g/mol. The van der Waals surface area contributed by atoms with Gasteiger partial charge >= 0.3 is 0 Å².